The summed E-state index contributed by atoms with van der Waals surface area (Å²) in [6.07, 6.45) is 5.45. The van der Waals surface area contributed by atoms with E-state index in [-0.39, 0.29) is 24.3 Å². The maximum Gasteiger partial charge on any atom is 0.304 e. The van der Waals surface area contributed by atoms with Gasteiger partial charge in [-0.05, 0) is 12.8 Å². The van der Waals surface area contributed by atoms with E-state index >= 15 is 0 Å². The van der Waals surface area contributed by atoms with Crippen molar-refractivity contribution in [3.8, 4) is 0 Å². The number of nitrogens with zero attached hydrogens (tertiary/aromatic N) is 2. The average molecular weight is 297 g/mol. The van der Waals surface area contributed by atoms with E-state index < -0.39 is 5.97 Å². The van der Waals surface area contributed by atoms with Crippen molar-refractivity contribution in [1.82, 2.24) is 9.80 Å². The number of nitrogens with two attached hydrogens (primary N) is 1. The second-order valence-electron chi connectivity index (χ2n) is 6.22. The van der Waals surface area contributed by atoms with E-state index in [0.29, 0.717) is 19.6 Å². The average Bonchev–Trinajstić information content (AvgIpc) is 2.69. The third-order valence-electron chi connectivity index (χ3n) is 4.71. The fourth-order valence-electron chi connectivity index (χ4n) is 3.32. The van der Waals surface area contributed by atoms with Gasteiger partial charge in [0, 0.05) is 38.8 Å². The Labute approximate surface area is 126 Å². The molecule has 6 heteroatoms. The van der Waals surface area contributed by atoms with Crippen molar-refractivity contribution < 1.29 is 14.7 Å². The maximum absolute atomic E-state index is 12.6. The quantitative estimate of drug-likeness (QED) is 0.738. The molecule has 0 radical (unpaired) electrons. The molecule has 21 heavy (non-hydrogen) atoms. The van der Waals surface area contributed by atoms with Gasteiger partial charge in [-0.1, -0.05) is 19.3 Å². The van der Waals surface area contributed by atoms with Crippen molar-refractivity contribution in [2.24, 2.45) is 11.7 Å². The minimum atomic E-state index is -0.766. The van der Waals surface area contributed by atoms with Crippen LogP contribution in [0.4, 0.5) is 0 Å². The van der Waals surface area contributed by atoms with Crippen molar-refractivity contribution in [1.29, 1.82) is 0 Å². The minimum Gasteiger partial charge on any atom is -0.481 e. The van der Waals surface area contributed by atoms with Crippen LogP contribution in [0.1, 0.15) is 38.5 Å². The standard InChI is InChI=1S/C15H27N3O3/c16-13-5-3-1-2-4-12(13)15(21)18-10-8-17(9-11-18)7-6-14(19)20/h12-13H,1-11,16H2,(H,19,20). The predicted octanol–water partition coefficient (Wildman–Crippen LogP) is 0.513. The fraction of sp³-hybridized carbons (Fsp3) is 0.867. The molecule has 1 aliphatic heterocycles. The molecule has 0 bridgehead atoms. The first-order valence-electron chi connectivity index (χ1n) is 8.06. The summed E-state index contributed by atoms with van der Waals surface area (Å²) in [5, 5.41) is 8.71. The van der Waals surface area contributed by atoms with Gasteiger partial charge in [0.2, 0.25) is 5.91 Å². The number of rotatable bonds is 4. The SMILES string of the molecule is NC1CCCCCC1C(=O)N1CCN(CCC(=O)O)CC1. The molecule has 2 unspecified atom stereocenters. The highest BCUT2D eigenvalue weighted by molar-refractivity contribution is 5.79. The van der Waals surface area contributed by atoms with Crippen LogP contribution in [0.25, 0.3) is 0 Å². The van der Waals surface area contributed by atoms with E-state index in [1.165, 1.54) is 6.42 Å². The molecule has 0 aromatic heterocycles. The molecule has 1 saturated heterocycles. The predicted molar refractivity (Wildman–Crippen MR) is 79.8 cm³/mol. The zero-order valence-corrected chi connectivity index (χ0v) is 12.7. The number of hydrogen-bond donors (Lipinski definition) is 2. The van der Waals surface area contributed by atoms with E-state index in [1.807, 2.05) is 4.90 Å². The number of carboxylic acids is 1. The van der Waals surface area contributed by atoms with Crippen LogP contribution >= 0.6 is 0 Å². The fourth-order valence-corrected chi connectivity index (χ4v) is 3.32. The van der Waals surface area contributed by atoms with Gasteiger partial charge in [-0.25, -0.2) is 0 Å². The molecule has 0 aromatic carbocycles. The summed E-state index contributed by atoms with van der Waals surface area (Å²) in [4.78, 5) is 27.2. The van der Waals surface area contributed by atoms with Crippen LogP contribution in [0.3, 0.4) is 0 Å². The summed E-state index contributed by atoms with van der Waals surface area (Å²) in [7, 11) is 0. The topological polar surface area (TPSA) is 86.9 Å². The van der Waals surface area contributed by atoms with Gasteiger partial charge in [-0.3, -0.25) is 14.5 Å². The Bertz CT molecular complexity index is 367. The monoisotopic (exact) mass is 297 g/mol. The van der Waals surface area contributed by atoms with Gasteiger partial charge in [0.1, 0.15) is 0 Å². The largest absolute Gasteiger partial charge is 0.481 e. The molecule has 2 fully saturated rings. The number of carboxylic acid groups (broad SMARTS) is 1. The highest BCUT2D eigenvalue weighted by Crippen LogP contribution is 2.24. The smallest absolute Gasteiger partial charge is 0.304 e. The Morgan fingerprint density at radius 1 is 1.05 bits per heavy atom. The number of piperazine rings is 1. The van der Waals surface area contributed by atoms with Crippen LogP contribution in [-0.2, 0) is 9.59 Å². The van der Waals surface area contributed by atoms with Crippen molar-refractivity contribution in [2.45, 2.75) is 44.6 Å². The molecular formula is C15H27N3O3. The molecule has 1 heterocycles. The Kier molecular flexibility index (Phi) is 5.99. The van der Waals surface area contributed by atoms with Crippen molar-refractivity contribution in [3.63, 3.8) is 0 Å². The summed E-state index contributed by atoms with van der Waals surface area (Å²) in [6, 6.07) is 0.00467. The Morgan fingerprint density at radius 2 is 1.71 bits per heavy atom. The summed E-state index contributed by atoms with van der Waals surface area (Å²) in [5.74, 6) is -0.571. The van der Waals surface area contributed by atoms with Gasteiger partial charge in [-0.15, -0.1) is 0 Å². The van der Waals surface area contributed by atoms with Crippen LogP contribution in [-0.4, -0.2) is 65.5 Å². The van der Waals surface area contributed by atoms with Gasteiger partial charge in [-0.2, -0.15) is 0 Å². The molecule has 0 spiro atoms. The van der Waals surface area contributed by atoms with Crippen LogP contribution in [0, 0.1) is 5.92 Å². The van der Waals surface area contributed by atoms with Crippen LogP contribution in [0.5, 0.6) is 0 Å². The molecule has 1 aliphatic carbocycles. The molecule has 2 atom stereocenters. The number of carbonyl (C=O) groups is 2. The molecule has 1 amide bonds. The first-order valence-corrected chi connectivity index (χ1v) is 8.06. The maximum atomic E-state index is 12.6. The zero-order valence-electron chi connectivity index (χ0n) is 12.7. The van der Waals surface area contributed by atoms with Crippen LogP contribution in [0.2, 0.25) is 0 Å². The number of amides is 1. The Hall–Kier alpha value is -1.14. The lowest BCUT2D eigenvalue weighted by atomic mass is 9.93. The van der Waals surface area contributed by atoms with Gasteiger partial charge >= 0.3 is 5.97 Å². The van der Waals surface area contributed by atoms with E-state index in [1.54, 1.807) is 0 Å². The Morgan fingerprint density at radius 3 is 2.38 bits per heavy atom. The number of hydrogen-bond acceptors (Lipinski definition) is 4. The van der Waals surface area contributed by atoms with Crippen molar-refractivity contribution in [2.75, 3.05) is 32.7 Å². The van der Waals surface area contributed by atoms with E-state index in [2.05, 4.69) is 4.90 Å². The molecule has 3 N–H and O–H groups in total. The number of carbonyl (C=O) groups excluding carboxylic acids is 1. The van der Waals surface area contributed by atoms with Crippen molar-refractivity contribution >= 4 is 11.9 Å². The first-order chi connectivity index (χ1) is 10.1. The van der Waals surface area contributed by atoms with Gasteiger partial charge in [0.25, 0.3) is 0 Å². The number of aliphatic carboxylic acids is 1. The van der Waals surface area contributed by atoms with E-state index in [0.717, 1.165) is 38.8 Å². The van der Waals surface area contributed by atoms with E-state index in [9.17, 15) is 9.59 Å². The third-order valence-corrected chi connectivity index (χ3v) is 4.71. The molecular weight excluding hydrogens is 270 g/mol. The molecule has 120 valence electrons. The highest BCUT2D eigenvalue weighted by Gasteiger charge is 2.32. The van der Waals surface area contributed by atoms with E-state index in [4.69, 9.17) is 10.8 Å². The highest BCUT2D eigenvalue weighted by atomic mass is 16.4. The third kappa shape index (κ3) is 4.68. The summed E-state index contributed by atoms with van der Waals surface area (Å²) < 4.78 is 0. The lowest BCUT2D eigenvalue weighted by molar-refractivity contribution is -0.140. The summed E-state index contributed by atoms with van der Waals surface area (Å²) >= 11 is 0. The van der Waals surface area contributed by atoms with Gasteiger partial charge in [0.15, 0.2) is 0 Å². The second-order valence-corrected chi connectivity index (χ2v) is 6.22. The summed E-state index contributed by atoms with van der Waals surface area (Å²) in [6.45, 7) is 3.49. The van der Waals surface area contributed by atoms with Crippen molar-refractivity contribution in [3.05, 3.63) is 0 Å². The lowest BCUT2D eigenvalue weighted by Crippen LogP contribution is -2.52. The van der Waals surface area contributed by atoms with Crippen LogP contribution in [0.15, 0.2) is 0 Å². The Balaban J connectivity index is 1.80. The minimum absolute atomic E-state index is 0.00467. The molecule has 6 nitrogen and oxygen atoms in total. The second kappa shape index (κ2) is 7.75. The molecule has 0 aromatic rings. The van der Waals surface area contributed by atoms with Crippen LogP contribution < -0.4 is 5.73 Å². The molecule has 1 saturated carbocycles. The van der Waals surface area contributed by atoms with Gasteiger partial charge < -0.3 is 15.7 Å². The molecule has 2 rings (SSSR count). The normalized spacial score (nSPS) is 28.1. The molecule has 2 aliphatic rings. The van der Waals surface area contributed by atoms with Gasteiger partial charge in [0.05, 0.1) is 12.3 Å². The summed E-state index contributed by atoms with van der Waals surface area (Å²) in [5.41, 5.74) is 6.17. The lowest BCUT2D eigenvalue weighted by Gasteiger charge is -2.37. The first kappa shape index (κ1) is 16.2. The zero-order chi connectivity index (χ0) is 15.2.